The second-order valence-electron chi connectivity index (χ2n) is 8.60. The highest BCUT2D eigenvalue weighted by molar-refractivity contribution is 5.93. The van der Waals surface area contributed by atoms with Crippen molar-refractivity contribution in [3.8, 4) is 11.6 Å². The molecule has 0 aliphatic heterocycles. The number of aromatic nitrogens is 3. The zero-order valence-corrected chi connectivity index (χ0v) is 21.2. The van der Waals surface area contributed by atoms with E-state index in [-0.39, 0.29) is 18.3 Å². The average molecular weight is 487 g/mol. The first-order chi connectivity index (χ1) is 17.3. The highest BCUT2D eigenvalue weighted by atomic mass is 16.5. The van der Waals surface area contributed by atoms with Crippen LogP contribution in [0.3, 0.4) is 0 Å². The third kappa shape index (κ3) is 5.07. The van der Waals surface area contributed by atoms with Gasteiger partial charge >= 0.3 is 5.97 Å². The van der Waals surface area contributed by atoms with Crippen molar-refractivity contribution in [1.82, 2.24) is 14.8 Å². The van der Waals surface area contributed by atoms with E-state index >= 15 is 0 Å². The molecule has 2 aromatic carbocycles. The number of hydrogen-bond acceptors (Lipinski definition) is 6. The van der Waals surface area contributed by atoms with Crippen LogP contribution in [0.1, 0.15) is 46.1 Å². The average Bonchev–Trinajstić information content (AvgIpc) is 3.20. The molecule has 0 radical (unpaired) electrons. The number of carbonyl (C=O) groups excluding carboxylic acids is 2. The third-order valence-corrected chi connectivity index (χ3v) is 6.08. The summed E-state index contributed by atoms with van der Waals surface area (Å²) in [4.78, 5) is 29.3. The first-order valence-electron chi connectivity index (χ1n) is 11.9. The van der Waals surface area contributed by atoms with Gasteiger partial charge in [0.2, 0.25) is 11.8 Å². The number of methoxy groups -OCH3 is 1. The molecule has 4 aromatic rings. The molecule has 0 spiro atoms. The molecule has 2 aromatic heterocycles. The minimum absolute atomic E-state index is 0.146. The van der Waals surface area contributed by atoms with Gasteiger partial charge in [0.1, 0.15) is 0 Å². The fraction of sp³-hybridized carbons (Fsp3) is 0.286. The summed E-state index contributed by atoms with van der Waals surface area (Å²) in [6.07, 6.45) is 0.703. The van der Waals surface area contributed by atoms with Crippen LogP contribution in [0.25, 0.3) is 16.7 Å². The predicted molar refractivity (Wildman–Crippen MR) is 139 cm³/mol. The lowest BCUT2D eigenvalue weighted by Gasteiger charge is -2.13. The zero-order chi connectivity index (χ0) is 25.8. The van der Waals surface area contributed by atoms with Crippen LogP contribution in [-0.2, 0) is 16.0 Å². The molecule has 0 saturated carbocycles. The van der Waals surface area contributed by atoms with Crippen LogP contribution in [0.2, 0.25) is 0 Å². The Morgan fingerprint density at radius 1 is 1.00 bits per heavy atom. The van der Waals surface area contributed by atoms with Gasteiger partial charge in [-0.05, 0) is 76.1 Å². The topological polar surface area (TPSA) is 95.3 Å². The van der Waals surface area contributed by atoms with Crippen LogP contribution >= 0.6 is 0 Å². The third-order valence-electron chi connectivity index (χ3n) is 6.08. The number of hydrogen-bond donors (Lipinski definition) is 1. The summed E-state index contributed by atoms with van der Waals surface area (Å²) in [5.74, 6) is -0.0470. The number of fused-ring (bicyclic) bond motifs is 1. The second kappa shape index (κ2) is 10.6. The molecule has 0 fully saturated rings. The van der Waals surface area contributed by atoms with Crippen molar-refractivity contribution < 1.29 is 19.1 Å². The highest BCUT2D eigenvalue weighted by Gasteiger charge is 2.20. The summed E-state index contributed by atoms with van der Waals surface area (Å²) in [6.45, 7) is 8.09. The Morgan fingerprint density at radius 3 is 2.33 bits per heavy atom. The number of nitrogens with zero attached hydrogens (tertiary/aromatic N) is 3. The molecule has 2 heterocycles. The lowest BCUT2D eigenvalue weighted by atomic mass is 10.0. The van der Waals surface area contributed by atoms with Crippen molar-refractivity contribution in [1.29, 1.82) is 0 Å². The fourth-order valence-corrected chi connectivity index (χ4v) is 4.23. The second-order valence-corrected chi connectivity index (χ2v) is 8.60. The molecule has 0 aliphatic rings. The van der Waals surface area contributed by atoms with E-state index in [4.69, 9.17) is 19.6 Å². The number of amides is 1. The summed E-state index contributed by atoms with van der Waals surface area (Å²) in [5.41, 5.74) is 6.62. The van der Waals surface area contributed by atoms with Crippen molar-refractivity contribution in [2.24, 2.45) is 0 Å². The van der Waals surface area contributed by atoms with Gasteiger partial charge < -0.3 is 14.8 Å². The number of anilines is 1. The van der Waals surface area contributed by atoms with Crippen LogP contribution in [0.5, 0.6) is 5.88 Å². The molecule has 8 nitrogen and oxygen atoms in total. The molecule has 0 unspecified atom stereocenters. The molecular weight excluding hydrogens is 456 g/mol. The van der Waals surface area contributed by atoms with Crippen molar-refractivity contribution in [2.45, 2.75) is 40.5 Å². The van der Waals surface area contributed by atoms with Crippen LogP contribution in [0.4, 0.5) is 5.69 Å². The van der Waals surface area contributed by atoms with Crippen molar-refractivity contribution >= 4 is 28.6 Å². The zero-order valence-electron chi connectivity index (χ0n) is 21.2. The van der Waals surface area contributed by atoms with Gasteiger partial charge in [-0.15, -0.1) is 0 Å². The van der Waals surface area contributed by atoms with Crippen molar-refractivity contribution in [2.75, 3.05) is 19.0 Å². The van der Waals surface area contributed by atoms with Gasteiger partial charge in [-0.25, -0.2) is 9.48 Å². The van der Waals surface area contributed by atoms with E-state index in [0.29, 0.717) is 30.2 Å². The summed E-state index contributed by atoms with van der Waals surface area (Å²) in [6, 6.07) is 14.8. The fourth-order valence-electron chi connectivity index (χ4n) is 4.23. The summed E-state index contributed by atoms with van der Waals surface area (Å²) < 4.78 is 12.5. The van der Waals surface area contributed by atoms with E-state index in [0.717, 1.165) is 33.5 Å². The Hall–Kier alpha value is -4.20. The molecule has 1 amide bonds. The molecular formula is C28H30N4O4. The monoisotopic (exact) mass is 486 g/mol. The first kappa shape index (κ1) is 24.9. The molecule has 0 bridgehead atoms. The molecule has 36 heavy (non-hydrogen) atoms. The Balaban J connectivity index is 1.54. The van der Waals surface area contributed by atoms with E-state index < -0.39 is 0 Å². The Bertz CT molecular complexity index is 1410. The predicted octanol–water partition coefficient (Wildman–Crippen LogP) is 5.10. The number of nitrogens with one attached hydrogen (secondary N) is 1. The smallest absolute Gasteiger partial charge is 0.338 e. The van der Waals surface area contributed by atoms with Crippen LogP contribution in [0.15, 0.2) is 48.5 Å². The first-order valence-corrected chi connectivity index (χ1v) is 11.9. The van der Waals surface area contributed by atoms with Gasteiger partial charge in [0.05, 0.1) is 30.7 Å². The van der Waals surface area contributed by atoms with Crippen molar-refractivity contribution in [3.63, 3.8) is 0 Å². The molecule has 0 aliphatic carbocycles. The van der Waals surface area contributed by atoms with Gasteiger partial charge in [0, 0.05) is 23.1 Å². The van der Waals surface area contributed by atoms with Gasteiger partial charge in [0.15, 0.2) is 5.65 Å². The minimum atomic E-state index is -0.387. The molecule has 186 valence electrons. The van der Waals surface area contributed by atoms with E-state index in [1.807, 2.05) is 49.7 Å². The molecule has 8 heteroatoms. The SMILES string of the molecule is CCOC(=O)c1ccc(NC(=O)CCc2c(OC)nc3c(c(C)nn3-c3ccc(C)cc3)c2C)cc1. The summed E-state index contributed by atoms with van der Waals surface area (Å²) >= 11 is 0. The van der Waals surface area contributed by atoms with E-state index in [1.165, 1.54) is 5.56 Å². The lowest BCUT2D eigenvalue weighted by Crippen LogP contribution is -2.13. The van der Waals surface area contributed by atoms with Crippen LogP contribution in [-0.4, -0.2) is 40.4 Å². The number of benzene rings is 2. The molecule has 0 atom stereocenters. The Kier molecular flexibility index (Phi) is 7.33. The van der Waals surface area contributed by atoms with Gasteiger partial charge in [-0.3, -0.25) is 4.79 Å². The standard InChI is InChI=1S/C28H30N4O4/c1-6-36-28(34)20-9-11-21(12-10-20)29-24(33)16-15-23-18(3)25-19(4)31-32(26(25)30-27(23)35-5)22-13-7-17(2)8-14-22/h7-14H,6,15-16H2,1-5H3,(H,29,33). The Morgan fingerprint density at radius 2 is 1.69 bits per heavy atom. The largest absolute Gasteiger partial charge is 0.481 e. The summed E-state index contributed by atoms with van der Waals surface area (Å²) in [7, 11) is 1.59. The summed E-state index contributed by atoms with van der Waals surface area (Å²) in [5, 5.41) is 8.57. The maximum Gasteiger partial charge on any atom is 0.338 e. The number of ether oxygens (including phenoxy) is 2. The van der Waals surface area contributed by atoms with Crippen LogP contribution < -0.4 is 10.1 Å². The maximum atomic E-state index is 12.7. The number of pyridine rings is 1. The Labute approximate surface area is 210 Å². The minimum Gasteiger partial charge on any atom is -0.481 e. The molecule has 0 saturated heterocycles. The van der Waals surface area contributed by atoms with E-state index in [2.05, 4.69) is 5.32 Å². The number of esters is 1. The maximum absolute atomic E-state index is 12.7. The molecule has 4 rings (SSSR count). The molecule has 1 N–H and O–H groups in total. The van der Waals surface area contributed by atoms with Crippen LogP contribution in [0, 0.1) is 20.8 Å². The number of rotatable bonds is 8. The van der Waals surface area contributed by atoms with Gasteiger partial charge in [-0.1, -0.05) is 17.7 Å². The normalized spacial score (nSPS) is 10.9. The van der Waals surface area contributed by atoms with Gasteiger partial charge in [-0.2, -0.15) is 10.1 Å². The number of carbonyl (C=O) groups is 2. The van der Waals surface area contributed by atoms with E-state index in [9.17, 15) is 9.59 Å². The lowest BCUT2D eigenvalue weighted by molar-refractivity contribution is -0.116. The van der Waals surface area contributed by atoms with Gasteiger partial charge in [0.25, 0.3) is 0 Å². The number of aryl methyl sites for hydroxylation is 3. The van der Waals surface area contributed by atoms with E-state index in [1.54, 1.807) is 38.3 Å². The van der Waals surface area contributed by atoms with Crippen molar-refractivity contribution in [3.05, 3.63) is 76.5 Å². The highest BCUT2D eigenvalue weighted by Crippen LogP contribution is 2.32. The quantitative estimate of drug-likeness (QED) is 0.348.